The molecule has 1 fully saturated rings. The number of carbonyl (C=O) groups is 4. The average molecular weight is 588 g/mol. The van der Waals surface area contributed by atoms with Crippen molar-refractivity contribution in [3.8, 4) is 0 Å². The Morgan fingerprint density at radius 1 is 1.07 bits per heavy atom. The van der Waals surface area contributed by atoms with E-state index in [0.29, 0.717) is 13.0 Å². The number of aliphatic hydroxyl groups excluding tert-OH is 2. The number of likely N-dealkylation sites (N-methyl/N-ethyl adjacent to an activating group) is 2. The van der Waals surface area contributed by atoms with E-state index in [1.807, 2.05) is 13.8 Å². The first kappa shape index (κ1) is 36.7. The number of likely N-dealkylation sites (tertiary alicyclic amines) is 1. The minimum absolute atomic E-state index is 0.0173. The molecule has 0 aromatic rings. The highest BCUT2D eigenvalue weighted by atomic mass is 16.5. The van der Waals surface area contributed by atoms with E-state index in [-0.39, 0.29) is 55.8 Å². The van der Waals surface area contributed by atoms with Crippen molar-refractivity contribution in [3.05, 3.63) is 0 Å². The minimum Gasteiger partial charge on any atom is -0.395 e. The SMILES string of the molecule is CCC(C)C(C(CC(=O)N1CCCC1C(OC)C(C)C(=O)NCCO)OC)N(C)C(=O)CNC(=O)C(NC)C(C)O. The number of methoxy groups -OCH3 is 2. The van der Waals surface area contributed by atoms with E-state index in [4.69, 9.17) is 14.6 Å². The molecule has 238 valence electrons. The number of aliphatic hydroxyl groups is 2. The lowest BCUT2D eigenvalue weighted by molar-refractivity contribution is -0.145. The van der Waals surface area contributed by atoms with E-state index in [1.165, 1.54) is 26.0 Å². The third kappa shape index (κ3) is 10.2. The molecule has 0 aliphatic carbocycles. The van der Waals surface area contributed by atoms with Crippen molar-refractivity contribution < 1.29 is 38.9 Å². The normalized spacial score (nSPS) is 20.3. The van der Waals surface area contributed by atoms with Gasteiger partial charge in [-0.3, -0.25) is 19.2 Å². The second kappa shape index (κ2) is 18.3. The first-order chi connectivity index (χ1) is 19.4. The first-order valence-corrected chi connectivity index (χ1v) is 14.5. The largest absolute Gasteiger partial charge is 0.395 e. The van der Waals surface area contributed by atoms with Gasteiger partial charge in [0.05, 0.1) is 55.9 Å². The van der Waals surface area contributed by atoms with Gasteiger partial charge in [-0.05, 0) is 32.7 Å². The van der Waals surface area contributed by atoms with Crippen LogP contribution in [0, 0.1) is 11.8 Å². The van der Waals surface area contributed by atoms with E-state index < -0.39 is 42.2 Å². The quantitative estimate of drug-likeness (QED) is 0.136. The molecule has 0 aromatic heterocycles. The van der Waals surface area contributed by atoms with Gasteiger partial charge in [0.1, 0.15) is 6.04 Å². The zero-order valence-corrected chi connectivity index (χ0v) is 26.0. The Labute approximate surface area is 244 Å². The third-order valence-corrected chi connectivity index (χ3v) is 8.21. The summed E-state index contributed by atoms with van der Waals surface area (Å²) in [6, 6.07) is -1.60. The van der Waals surface area contributed by atoms with E-state index in [2.05, 4.69) is 16.0 Å². The standard InChI is InChI=1S/C28H53N5O8/c1-9-17(2)25(32(6)23(37)16-31-28(39)24(29-5)19(4)35)21(40-7)15-22(36)33-13-10-11-20(33)26(41-8)18(3)27(38)30-12-14-34/h17-21,24-26,29,34-35H,9-16H2,1-8H3,(H,30,38)(H,31,39). The van der Waals surface area contributed by atoms with Crippen LogP contribution in [-0.4, -0.2) is 135 Å². The van der Waals surface area contributed by atoms with Crippen molar-refractivity contribution in [2.45, 2.75) is 89.8 Å². The number of hydrogen-bond acceptors (Lipinski definition) is 9. The third-order valence-electron chi connectivity index (χ3n) is 8.21. The maximum Gasteiger partial charge on any atom is 0.242 e. The van der Waals surface area contributed by atoms with Crippen LogP contribution in [0.1, 0.15) is 53.4 Å². The number of rotatable bonds is 18. The van der Waals surface area contributed by atoms with Gasteiger partial charge in [0.15, 0.2) is 0 Å². The van der Waals surface area contributed by atoms with Crippen molar-refractivity contribution in [1.82, 2.24) is 25.8 Å². The fourth-order valence-electron chi connectivity index (χ4n) is 5.65. The summed E-state index contributed by atoms with van der Waals surface area (Å²) in [5, 5.41) is 26.8. The molecule has 1 aliphatic heterocycles. The minimum atomic E-state index is -0.936. The predicted molar refractivity (Wildman–Crippen MR) is 154 cm³/mol. The summed E-state index contributed by atoms with van der Waals surface area (Å²) in [5.74, 6) is -1.80. The summed E-state index contributed by atoms with van der Waals surface area (Å²) in [6.45, 7) is 7.45. The van der Waals surface area contributed by atoms with Crippen molar-refractivity contribution in [3.63, 3.8) is 0 Å². The van der Waals surface area contributed by atoms with Crippen LogP contribution in [0.4, 0.5) is 0 Å². The summed E-state index contributed by atoms with van der Waals surface area (Å²) in [6.07, 6.45) is 0.134. The highest BCUT2D eigenvalue weighted by Gasteiger charge is 2.42. The summed E-state index contributed by atoms with van der Waals surface area (Å²) in [7, 11) is 6.23. The molecule has 0 radical (unpaired) electrons. The lowest BCUT2D eigenvalue weighted by atomic mass is 9.90. The molecule has 13 heteroatoms. The van der Waals surface area contributed by atoms with Crippen molar-refractivity contribution in [2.75, 3.05) is 54.6 Å². The van der Waals surface area contributed by atoms with Crippen LogP contribution < -0.4 is 16.0 Å². The monoisotopic (exact) mass is 587 g/mol. The molecule has 1 rings (SSSR count). The Morgan fingerprint density at radius 2 is 1.73 bits per heavy atom. The van der Waals surface area contributed by atoms with Gasteiger partial charge in [-0.15, -0.1) is 0 Å². The lowest BCUT2D eigenvalue weighted by Crippen LogP contribution is -2.55. The van der Waals surface area contributed by atoms with Gasteiger partial charge < -0.3 is 45.4 Å². The highest BCUT2D eigenvalue weighted by molar-refractivity contribution is 5.88. The molecule has 0 spiro atoms. The molecule has 41 heavy (non-hydrogen) atoms. The molecule has 8 atom stereocenters. The molecule has 0 bridgehead atoms. The molecule has 1 aliphatic rings. The van der Waals surface area contributed by atoms with E-state index in [9.17, 15) is 24.3 Å². The number of ether oxygens (including phenoxy) is 2. The van der Waals surface area contributed by atoms with Crippen LogP contribution in [-0.2, 0) is 28.7 Å². The molecule has 4 amide bonds. The molecule has 1 heterocycles. The maximum atomic E-state index is 13.7. The van der Waals surface area contributed by atoms with E-state index in [0.717, 1.165) is 12.8 Å². The molecule has 1 saturated heterocycles. The fraction of sp³-hybridized carbons (Fsp3) is 0.857. The van der Waals surface area contributed by atoms with Gasteiger partial charge in [0.2, 0.25) is 23.6 Å². The van der Waals surface area contributed by atoms with Gasteiger partial charge in [0.25, 0.3) is 0 Å². The number of nitrogens with zero attached hydrogens (tertiary/aromatic N) is 2. The fourth-order valence-corrected chi connectivity index (χ4v) is 5.65. The van der Waals surface area contributed by atoms with Gasteiger partial charge in [0, 0.05) is 34.4 Å². The Morgan fingerprint density at radius 3 is 2.24 bits per heavy atom. The maximum absolute atomic E-state index is 13.7. The molecule has 13 nitrogen and oxygen atoms in total. The Hall–Kier alpha value is -2.32. The molecular formula is C28H53N5O8. The van der Waals surface area contributed by atoms with Gasteiger partial charge in [-0.2, -0.15) is 0 Å². The second-order valence-electron chi connectivity index (χ2n) is 10.9. The van der Waals surface area contributed by atoms with Crippen molar-refractivity contribution in [2.24, 2.45) is 11.8 Å². The zero-order valence-electron chi connectivity index (χ0n) is 26.0. The summed E-state index contributed by atoms with van der Waals surface area (Å²) >= 11 is 0. The van der Waals surface area contributed by atoms with Crippen LogP contribution >= 0.6 is 0 Å². The molecular weight excluding hydrogens is 534 g/mol. The average Bonchev–Trinajstić information content (AvgIpc) is 3.43. The highest BCUT2D eigenvalue weighted by Crippen LogP contribution is 2.29. The molecule has 0 aromatic carbocycles. The Kier molecular flexibility index (Phi) is 16.4. The van der Waals surface area contributed by atoms with E-state index in [1.54, 1.807) is 25.9 Å². The summed E-state index contributed by atoms with van der Waals surface area (Å²) < 4.78 is 11.5. The molecule has 8 unspecified atom stereocenters. The summed E-state index contributed by atoms with van der Waals surface area (Å²) in [5.41, 5.74) is 0. The Bertz CT molecular complexity index is 844. The molecule has 0 saturated carbocycles. The van der Waals surface area contributed by atoms with Crippen LogP contribution in [0.3, 0.4) is 0 Å². The number of carbonyl (C=O) groups excluding carboxylic acids is 4. The lowest BCUT2D eigenvalue weighted by Gasteiger charge is -2.39. The van der Waals surface area contributed by atoms with Gasteiger partial charge in [-0.25, -0.2) is 0 Å². The van der Waals surface area contributed by atoms with Crippen LogP contribution in [0.5, 0.6) is 0 Å². The first-order valence-electron chi connectivity index (χ1n) is 14.5. The van der Waals surface area contributed by atoms with Crippen LogP contribution in [0.15, 0.2) is 0 Å². The number of hydrogen-bond donors (Lipinski definition) is 5. The topological polar surface area (TPSA) is 170 Å². The smallest absolute Gasteiger partial charge is 0.242 e. The van der Waals surface area contributed by atoms with Gasteiger partial charge in [-0.1, -0.05) is 27.2 Å². The second-order valence-corrected chi connectivity index (χ2v) is 10.9. The van der Waals surface area contributed by atoms with E-state index >= 15 is 0 Å². The van der Waals surface area contributed by atoms with Crippen LogP contribution in [0.25, 0.3) is 0 Å². The summed E-state index contributed by atoms with van der Waals surface area (Å²) in [4.78, 5) is 55.1. The Balaban J connectivity index is 3.04. The van der Waals surface area contributed by atoms with Crippen molar-refractivity contribution >= 4 is 23.6 Å². The van der Waals surface area contributed by atoms with Crippen molar-refractivity contribution in [1.29, 1.82) is 0 Å². The predicted octanol–water partition coefficient (Wildman–Crippen LogP) is -0.900. The number of amides is 4. The van der Waals surface area contributed by atoms with Crippen LogP contribution in [0.2, 0.25) is 0 Å². The van der Waals surface area contributed by atoms with Gasteiger partial charge >= 0.3 is 0 Å². The zero-order chi connectivity index (χ0) is 31.3. The molecule has 5 N–H and O–H groups in total. The number of nitrogens with one attached hydrogen (secondary N) is 3.